The Morgan fingerprint density at radius 2 is 1.31 bits per heavy atom. The average Bonchev–Trinajstić information content (AvgIpc) is 2.79. The van der Waals surface area contributed by atoms with Crippen LogP contribution >= 0.6 is 21.6 Å². The van der Waals surface area contributed by atoms with Gasteiger partial charge in [0, 0.05) is 15.4 Å². The number of carbonyl (C=O) groups is 2. The maximum absolute atomic E-state index is 12.7. The maximum Gasteiger partial charge on any atom is 0.365 e. The number of hydrogen-bond acceptors (Lipinski definition) is 6. The molecule has 3 rings (SSSR count). The molecule has 0 unspecified atom stereocenters. The van der Waals surface area contributed by atoms with Gasteiger partial charge in [-0.25, -0.2) is 4.79 Å². The van der Waals surface area contributed by atoms with Crippen LogP contribution in [0, 0.1) is 0 Å². The van der Waals surface area contributed by atoms with Crippen molar-refractivity contribution in [1.82, 2.24) is 0 Å². The Hall–Kier alpha value is -2.83. The molecule has 29 heavy (non-hydrogen) atoms. The van der Waals surface area contributed by atoms with Gasteiger partial charge < -0.3 is 4.84 Å². The molecule has 4 nitrogen and oxygen atoms in total. The first-order valence-corrected chi connectivity index (χ1v) is 11.2. The molecule has 0 fully saturated rings. The number of rotatable bonds is 8. The summed E-state index contributed by atoms with van der Waals surface area (Å²) in [6.45, 7) is 1.80. The van der Waals surface area contributed by atoms with Gasteiger partial charge in [-0.2, -0.15) is 0 Å². The van der Waals surface area contributed by atoms with E-state index in [1.165, 1.54) is 4.90 Å². The first-order chi connectivity index (χ1) is 14.2. The van der Waals surface area contributed by atoms with Crippen LogP contribution in [0.3, 0.4) is 0 Å². The first kappa shape index (κ1) is 20.9. The minimum absolute atomic E-state index is 0.202. The van der Waals surface area contributed by atoms with Crippen molar-refractivity contribution in [2.45, 2.75) is 23.1 Å². The van der Waals surface area contributed by atoms with Crippen LogP contribution in [-0.2, 0) is 4.84 Å². The van der Waals surface area contributed by atoms with E-state index in [-0.39, 0.29) is 11.5 Å². The van der Waals surface area contributed by atoms with Crippen LogP contribution < -0.4 is 0 Å². The van der Waals surface area contributed by atoms with Crippen LogP contribution in [0.15, 0.2) is 99.9 Å². The number of Topliss-reactive ketones (excluding diaryl/α,β-unsaturated/α-hetero) is 1. The molecule has 0 amide bonds. The van der Waals surface area contributed by atoms with Gasteiger partial charge in [-0.05, 0) is 55.0 Å². The van der Waals surface area contributed by atoms with Gasteiger partial charge in [0.05, 0.1) is 5.56 Å². The summed E-state index contributed by atoms with van der Waals surface area (Å²) in [5.41, 5.74) is 1.10. The number of benzene rings is 3. The Morgan fingerprint density at radius 3 is 1.90 bits per heavy atom. The summed E-state index contributed by atoms with van der Waals surface area (Å²) in [7, 11) is 3.28. The molecule has 0 N–H and O–H groups in total. The van der Waals surface area contributed by atoms with Crippen molar-refractivity contribution in [1.29, 1.82) is 0 Å². The topological polar surface area (TPSA) is 55.7 Å². The van der Waals surface area contributed by atoms with Gasteiger partial charge in [-0.1, -0.05) is 70.1 Å². The minimum Gasteiger partial charge on any atom is -0.312 e. The lowest BCUT2D eigenvalue weighted by Crippen LogP contribution is -2.15. The van der Waals surface area contributed by atoms with Crippen molar-refractivity contribution < 1.29 is 14.4 Å². The van der Waals surface area contributed by atoms with E-state index in [1.807, 2.05) is 30.3 Å². The van der Waals surface area contributed by atoms with Gasteiger partial charge in [0.2, 0.25) is 5.78 Å². The van der Waals surface area contributed by atoms with Crippen LogP contribution in [0.2, 0.25) is 0 Å². The number of nitrogens with zero attached hydrogens (tertiary/aromatic N) is 1. The molecule has 0 heterocycles. The van der Waals surface area contributed by atoms with Crippen molar-refractivity contribution in [2.75, 3.05) is 0 Å². The van der Waals surface area contributed by atoms with Gasteiger partial charge >= 0.3 is 5.97 Å². The van der Waals surface area contributed by atoms with E-state index >= 15 is 0 Å². The summed E-state index contributed by atoms with van der Waals surface area (Å²) in [5.74, 6) is -0.838. The Kier molecular flexibility index (Phi) is 7.67. The van der Waals surface area contributed by atoms with Gasteiger partial charge in [-0.3, -0.25) is 4.79 Å². The third-order valence-electron chi connectivity index (χ3n) is 3.94. The largest absolute Gasteiger partial charge is 0.365 e. The van der Waals surface area contributed by atoms with Crippen LogP contribution in [0.1, 0.15) is 34.1 Å². The van der Waals surface area contributed by atoms with Crippen molar-refractivity contribution in [3.05, 3.63) is 96.1 Å². The molecule has 0 spiro atoms. The number of carbonyl (C=O) groups excluding carboxylic acids is 2. The fourth-order valence-electron chi connectivity index (χ4n) is 2.39. The van der Waals surface area contributed by atoms with Gasteiger partial charge in [0.15, 0.2) is 0 Å². The molecule has 0 aliphatic rings. The quantitative estimate of drug-likeness (QED) is 0.141. The highest BCUT2D eigenvalue weighted by atomic mass is 33.1. The zero-order valence-corrected chi connectivity index (χ0v) is 17.4. The molecule has 3 aromatic carbocycles. The molecule has 0 aliphatic carbocycles. The zero-order valence-electron chi connectivity index (χ0n) is 15.8. The van der Waals surface area contributed by atoms with Crippen molar-refractivity contribution >= 4 is 39.1 Å². The lowest BCUT2D eigenvalue weighted by molar-refractivity contribution is 0.0515. The van der Waals surface area contributed by atoms with Gasteiger partial charge in [0.1, 0.15) is 5.71 Å². The van der Waals surface area contributed by atoms with Crippen molar-refractivity contribution in [3.63, 3.8) is 0 Å². The van der Waals surface area contributed by atoms with Gasteiger partial charge in [0.25, 0.3) is 0 Å². The zero-order chi connectivity index (χ0) is 20.5. The summed E-state index contributed by atoms with van der Waals surface area (Å²) >= 11 is 0. The highest BCUT2D eigenvalue weighted by Crippen LogP contribution is 2.37. The summed E-state index contributed by atoms with van der Waals surface area (Å²) in [6, 6.07) is 26.0. The van der Waals surface area contributed by atoms with Crippen molar-refractivity contribution in [2.24, 2.45) is 5.16 Å². The smallest absolute Gasteiger partial charge is 0.312 e. The monoisotopic (exact) mass is 421 g/mol. The lowest BCUT2D eigenvalue weighted by Gasteiger charge is -2.05. The third kappa shape index (κ3) is 6.07. The van der Waals surface area contributed by atoms with Gasteiger partial charge in [-0.15, -0.1) is 0 Å². The first-order valence-electron chi connectivity index (χ1n) is 9.05. The predicted molar refractivity (Wildman–Crippen MR) is 119 cm³/mol. The number of ketones is 1. The Balaban J connectivity index is 1.62. The lowest BCUT2D eigenvalue weighted by atomic mass is 10.1. The summed E-state index contributed by atoms with van der Waals surface area (Å²) in [6.07, 6.45) is 0.362. The van der Waals surface area contributed by atoms with E-state index in [2.05, 4.69) is 17.3 Å². The van der Waals surface area contributed by atoms with Crippen LogP contribution in [0.4, 0.5) is 0 Å². The van der Waals surface area contributed by atoms with Crippen LogP contribution in [0.25, 0.3) is 0 Å². The van der Waals surface area contributed by atoms with E-state index in [9.17, 15) is 9.59 Å². The van der Waals surface area contributed by atoms with Crippen LogP contribution in [0.5, 0.6) is 0 Å². The second-order valence-corrected chi connectivity index (χ2v) is 8.25. The Labute approximate surface area is 177 Å². The minimum atomic E-state index is -0.589. The molecule has 0 bridgehead atoms. The normalized spacial score (nSPS) is 11.1. The molecular formula is C23H19NO3S2. The molecular weight excluding hydrogens is 402 g/mol. The SMILES string of the molecule is CCC(=NOC(=O)c1ccccc1)C(=O)c1ccc(SSc2ccccc2)cc1. The third-order valence-corrected chi connectivity index (χ3v) is 6.36. The Morgan fingerprint density at radius 1 is 0.759 bits per heavy atom. The standard InChI is InChI=1S/C23H19NO3S2/c1-2-21(24-27-23(26)18-9-5-3-6-10-18)22(25)17-13-15-20(16-14-17)29-28-19-11-7-4-8-12-19/h3-16H,2H2,1H3. The number of hydrogen-bond donors (Lipinski definition) is 0. The van der Waals surface area contributed by atoms with E-state index in [0.29, 0.717) is 17.5 Å². The summed E-state index contributed by atoms with van der Waals surface area (Å²) in [5, 5.41) is 3.80. The molecule has 0 saturated carbocycles. The second kappa shape index (κ2) is 10.6. The Bertz CT molecular complexity index is 988. The average molecular weight is 422 g/mol. The summed E-state index contributed by atoms with van der Waals surface area (Å²) < 4.78 is 0. The second-order valence-electron chi connectivity index (χ2n) is 5.97. The molecule has 146 valence electrons. The molecule has 0 aromatic heterocycles. The fourth-order valence-corrected chi connectivity index (χ4v) is 4.34. The summed E-state index contributed by atoms with van der Waals surface area (Å²) in [4.78, 5) is 31.9. The highest BCUT2D eigenvalue weighted by Gasteiger charge is 2.15. The van der Waals surface area contributed by atoms with E-state index in [1.54, 1.807) is 71.0 Å². The molecule has 6 heteroatoms. The fraction of sp³-hybridized carbons (Fsp3) is 0.0870. The maximum atomic E-state index is 12.7. The van der Waals surface area contributed by atoms with E-state index in [4.69, 9.17) is 4.84 Å². The van der Waals surface area contributed by atoms with E-state index < -0.39 is 5.97 Å². The van der Waals surface area contributed by atoms with E-state index in [0.717, 1.165) is 4.90 Å². The molecule has 0 radical (unpaired) electrons. The highest BCUT2D eigenvalue weighted by molar-refractivity contribution is 8.76. The molecule has 3 aromatic rings. The number of oxime groups is 1. The predicted octanol–water partition coefficient (Wildman–Crippen LogP) is 6.29. The van der Waals surface area contributed by atoms with Crippen molar-refractivity contribution in [3.8, 4) is 0 Å². The molecule has 0 aliphatic heterocycles. The molecule has 0 saturated heterocycles. The van der Waals surface area contributed by atoms with Crippen LogP contribution in [-0.4, -0.2) is 17.5 Å². The molecule has 0 atom stereocenters.